The largest absolute Gasteiger partial charge is 0.493 e. The zero-order valence-corrected chi connectivity index (χ0v) is 18.4. The molecule has 4 nitrogen and oxygen atoms in total. The zero-order valence-electron chi connectivity index (χ0n) is 15.3. The van der Waals surface area contributed by atoms with Crippen LogP contribution in [0.2, 0.25) is 15.1 Å². The predicted octanol–water partition coefficient (Wildman–Crippen LogP) is 5.52. The smallest absolute Gasteiger partial charge is 0.180 e. The molecule has 0 bridgehead atoms. The van der Waals surface area contributed by atoms with Crippen LogP contribution in [0.4, 0.5) is 0 Å². The second kappa shape index (κ2) is 10.6. The van der Waals surface area contributed by atoms with Gasteiger partial charge >= 0.3 is 0 Å². The van der Waals surface area contributed by atoms with E-state index in [1.807, 2.05) is 26.0 Å². The number of nitrogens with one attached hydrogen (secondary N) is 1. The summed E-state index contributed by atoms with van der Waals surface area (Å²) in [7, 11) is 1.56. The molecule has 0 radical (unpaired) electrons. The molecule has 2 aromatic carbocycles. The first-order chi connectivity index (χ1) is 12.3. The van der Waals surface area contributed by atoms with Gasteiger partial charge in [0.15, 0.2) is 11.5 Å². The van der Waals surface area contributed by atoms with E-state index in [0.717, 1.165) is 11.1 Å². The molecule has 2 N–H and O–H groups in total. The van der Waals surface area contributed by atoms with Gasteiger partial charge < -0.3 is 19.9 Å². The van der Waals surface area contributed by atoms with Gasteiger partial charge in [0.1, 0.15) is 6.61 Å². The molecule has 8 heteroatoms. The number of aliphatic hydroxyl groups excluding tert-OH is 1. The zero-order chi connectivity index (χ0) is 19.3. The maximum absolute atomic E-state index is 9.34. The van der Waals surface area contributed by atoms with E-state index in [4.69, 9.17) is 44.3 Å². The number of hydrogen-bond donors (Lipinski definition) is 2. The first kappa shape index (κ1) is 24.2. The van der Waals surface area contributed by atoms with E-state index in [1.165, 1.54) is 0 Å². The van der Waals surface area contributed by atoms with Crippen molar-refractivity contribution < 1.29 is 14.6 Å². The lowest BCUT2D eigenvalue weighted by Gasteiger charge is -2.24. The Morgan fingerprint density at radius 2 is 1.78 bits per heavy atom. The lowest BCUT2D eigenvalue weighted by Crippen LogP contribution is -2.42. The van der Waals surface area contributed by atoms with Crippen molar-refractivity contribution in [1.82, 2.24) is 5.32 Å². The molecule has 150 valence electrons. The topological polar surface area (TPSA) is 50.7 Å². The van der Waals surface area contributed by atoms with Gasteiger partial charge in [-0.15, -0.1) is 12.4 Å². The van der Waals surface area contributed by atoms with Crippen LogP contribution in [0.3, 0.4) is 0 Å². The lowest BCUT2D eigenvalue weighted by atomic mass is 10.1. The summed E-state index contributed by atoms with van der Waals surface area (Å²) < 4.78 is 11.3. The summed E-state index contributed by atoms with van der Waals surface area (Å²) >= 11 is 18.5. The van der Waals surface area contributed by atoms with Crippen molar-refractivity contribution in [2.75, 3.05) is 13.7 Å². The Hall–Kier alpha value is -0.880. The van der Waals surface area contributed by atoms with Crippen LogP contribution < -0.4 is 14.8 Å². The number of halogens is 4. The van der Waals surface area contributed by atoms with E-state index in [2.05, 4.69) is 5.32 Å². The molecule has 0 saturated carbocycles. The van der Waals surface area contributed by atoms with Crippen molar-refractivity contribution in [1.29, 1.82) is 0 Å². The molecule has 0 saturated heterocycles. The van der Waals surface area contributed by atoms with Crippen LogP contribution in [0.5, 0.6) is 11.5 Å². The minimum Gasteiger partial charge on any atom is -0.493 e. The van der Waals surface area contributed by atoms with Crippen molar-refractivity contribution in [2.45, 2.75) is 32.5 Å². The van der Waals surface area contributed by atoms with Crippen LogP contribution in [0, 0.1) is 0 Å². The Morgan fingerprint density at radius 3 is 2.37 bits per heavy atom. The van der Waals surface area contributed by atoms with Gasteiger partial charge in [0, 0.05) is 27.7 Å². The quantitative estimate of drug-likeness (QED) is 0.551. The minimum atomic E-state index is -0.389. The molecule has 2 aromatic rings. The maximum Gasteiger partial charge on any atom is 0.180 e. The second-order valence-electron chi connectivity index (χ2n) is 6.53. The van der Waals surface area contributed by atoms with Crippen LogP contribution in [-0.2, 0) is 13.2 Å². The van der Waals surface area contributed by atoms with Gasteiger partial charge in [-0.05, 0) is 43.7 Å². The molecule has 0 heterocycles. The molecule has 0 atom stereocenters. The summed E-state index contributed by atoms with van der Waals surface area (Å²) in [4.78, 5) is 0. The van der Waals surface area contributed by atoms with Crippen LogP contribution >= 0.6 is 47.2 Å². The van der Waals surface area contributed by atoms with Gasteiger partial charge in [0.2, 0.25) is 0 Å². The van der Waals surface area contributed by atoms with Crippen molar-refractivity contribution in [3.63, 3.8) is 0 Å². The fourth-order valence-corrected chi connectivity index (χ4v) is 2.95. The highest BCUT2D eigenvalue weighted by molar-refractivity contribution is 6.35. The SMILES string of the molecule is COc1cc(CNC(C)(C)CO)cc(Cl)c1OCc1ccc(Cl)cc1Cl.Cl. The Balaban J connectivity index is 0.00000364. The Morgan fingerprint density at radius 1 is 1.07 bits per heavy atom. The number of aliphatic hydroxyl groups is 1. The van der Waals surface area contributed by atoms with E-state index in [9.17, 15) is 5.11 Å². The highest BCUT2D eigenvalue weighted by atomic mass is 35.5. The van der Waals surface area contributed by atoms with Gasteiger partial charge in [-0.2, -0.15) is 0 Å². The molecule has 0 spiro atoms. The lowest BCUT2D eigenvalue weighted by molar-refractivity contribution is 0.187. The Kier molecular flexibility index (Phi) is 9.49. The van der Waals surface area contributed by atoms with Gasteiger partial charge in [0.05, 0.1) is 18.7 Å². The number of methoxy groups -OCH3 is 1. The summed E-state index contributed by atoms with van der Waals surface area (Å²) in [5.74, 6) is 0.978. The van der Waals surface area contributed by atoms with Gasteiger partial charge in [0.25, 0.3) is 0 Å². The van der Waals surface area contributed by atoms with Gasteiger partial charge in [-0.3, -0.25) is 0 Å². The van der Waals surface area contributed by atoms with Crippen molar-refractivity contribution in [3.05, 3.63) is 56.5 Å². The molecule has 0 aromatic heterocycles. The maximum atomic E-state index is 9.34. The minimum absolute atomic E-state index is 0. The van der Waals surface area contributed by atoms with Crippen LogP contribution in [0.25, 0.3) is 0 Å². The average Bonchev–Trinajstić information content (AvgIpc) is 2.60. The summed E-state index contributed by atoms with van der Waals surface area (Å²) in [5, 5.41) is 14.1. The Labute approximate surface area is 181 Å². The average molecular weight is 455 g/mol. The standard InChI is InChI=1S/C19H22Cl3NO3.ClH/c1-19(2,11-24)23-9-12-6-16(22)18(17(7-12)25-3)26-10-13-4-5-14(20)8-15(13)21;/h4-8,23-24H,9-11H2,1-3H3;1H. The monoisotopic (exact) mass is 453 g/mol. The number of benzene rings is 2. The first-order valence-electron chi connectivity index (χ1n) is 8.05. The predicted molar refractivity (Wildman–Crippen MR) is 114 cm³/mol. The molecular formula is C19H23Cl4NO3. The number of hydrogen-bond acceptors (Lipinski definition) is 4. The number of ether oxygens (including phenoxy) is 2. The second-order valence-corrected chi connectivity index (χ2v) is 7.78. The molecule has 0 amide bonds. The van der Waals surface area contributed by atoms with Gasteiger partial charge in [-0.1, -0.05) is 40.9 Å². The summed E-state index contributed by atoms with van der Waals surface area (Å²) in [6.07, 6.45) is 0. The molecular weight excluding hydrogens is 432 g/mol. The summed E-state index contributed by atoms with van der Waals surface area (Å²) in [6.45, 7) is 4.63. The van der Waals surface area contributed by atoms with Crippen LogP contribution in [-0.4, -0.2) is 24.4 Å². The normalized spacial score (nSPS) is 11.1. The highest BCUT2D eigenvalue weighted by Gasteiger charge is 2.17. The molecule has 0 aliphatic rings. The van der Waals surface area contributed by atoms with E-state index in [0.29, 0.717) is 33.1 Å². The molecule has 0 fully saturated rings. The van der Waals surface area contributed by atoms with Crippen molar-refractivity contribution in [2.24, 2.45) is 0 Å². The van der Waals surface area contributed by atoms with Crippen molar-refractivity contribution in [3.8, 4) is 11.5 Å². The fraction of sp³-hybridized carbons (Fsp3) is 0.368. The van der Waals surface area contributed by atoms with E-state index in [1.54, 1.807) is 25.3 Å². The molecule has 27 heavy (non-hydrogen) atoms. The molecule has 0 unspecified atom stereocenters. The molecule has 0 aliphatic heterocycles. The van der Waals surface area contributed by atoms with Gasteiger partial charge in [-0.25, -0.2) is 0 Å². The summed E-state index contributed by atoms with van der Waals surface area (Å²) in [5.41, 5.74) is 1.33. The van der Waals surface area contributed by atoms with Crippen LogP contribution in [0.15, 0.2) is 30.3 Å². The summed E-state index contributed by atoms with van der Waals surface area (Å²) in [6, 6.07) is 8.88. The fourth-order valence-electron chi connectivity index (χ4n) is 2.20. The third-order valence-electron chi connectivity index (χ3n) is 3.84. The van der Waals surface area contributed by atoms with E-state index < -0.39 is 0 Å². The third-order valence-corrected chi connectivity index (χ3v) is 4.71. The van der Waals surface area contributed by atoms with Crippen LogP contribution in [0.1, 0.15) is 25.0 Å². The molecule has 0 aliphatic carbocycles. The van der Waals surface area contributed by atoms with Crippen molar-refractivity contribution >= 4 is 47.2 Å². The Bertz CT molecular complexity index is 769. The third kappa shape index (κ3) is 6.90. The van der Waals surface area contributed by atoms with E-state index >= 15 is 0 Å². The molecule has 2 rings (SSSR count). The van der Waals surface area contributed by atoms with E-state index in [-0.39, 0.29) is 31.2 Å². The first-order valence-corrected chi connectivity index (χ1v) is 9.18. The highest BCUT2D eigenvalue weighted by Crippen LogP contribution is 2.37. The number of rotatable bonds is 8.